The number of H-pyrrole nitrogens is 1. The van der Waals surface area contributed by atoms with Crippen LogP contribution in [0.5, 0.6) is 0 Å². The van der Waals surface area contributed by atoms with Gasteiger partial charge in [0.15, 0.2) is 0 Å². The van der Waals surface area contributed by atoms with Crippen LogP contribution in [-0.4, -0.2) is 4.98 Å². The molecule has 0 spiro atoms. The number of aromatic amines is 1. The predicted molar refractivity (Wildman–Crippen MR) is 45.5 cm³/mol. The first-order chi connectivity index (χ1) is 5.29. The molecule has 11 heavy (non-hydrogen) atoms. The van der Waals surface area contributed by atoms with Crippen LogP contribution in [-0.2, 0) is 0 Å². The summed E-state index contributed by atoms with van der Waals surface area (Å²) in [5.41, 5.74) is 1.29. The lowest BCUT2D eigenvalue weighted by Crippen LogP contribution is -1.76. The van der Waals surface area contributed by atoms with Gasteiger partial charge in [0.2, 0.25) is 0 Å². The molecule has 0 radical (unpaired) electrons. The molecule has 0 aromatic carbocycles. The highest BCUT2D eigenvalue weighted by Crippen LogP contribution is 2.14. The van der Waals surface area contributed by atoms with Crippen molar-refractivity contribution >= 4 is 12.2 Å². The first-order valence-corrected chi connectivity index (χ1v) is 3.41. The van der Waals surface area contributed by atoms with Gasteiger partial charge in [0.1, 0.15) is 5.82 Å². The van der Waals surface area contributed by atoms with Gasteiger partial charge in [-0.2, -0.15) is 0 Å². The van der Waals surface area contributed by atoms with E-state index in [4.69, 9.17) is 0 Å². The molecule has 0 aliphatic carbocycles. The van der Waals surface area contributed by atoms with Crippen molar-refractivity contribution in [2.24, 2.45) is 0 Å². The lowest BCUT2D eigenvalue weighted by molar-refractivity contribution is 0.627. The van der Waals surface area contributed by atoms with Crippen molar-refractivity contribution in [1.29, 1.82) is 0 Å². The molecule has 0 fully saturated rings. The Balaban J connectivity index is 3.15. The summed E-state index contributed by atoms with van der Waals surface area (Å²) in [5.74, 6) is -0.256. The van der Waals surface area contributed by atoms with Crippen LogP contribution in [0.25, 0.3) is 12.2 Å². The molecule has 0 aliphatic heterocycles. The van der Waals surface area contributed by atoms with Crippen LogP contribution in [0.1, 0.15) is 18.2 Å². The summed E-state index contributed by atoms with van der Waals surface area (Å²) in [6.07, 6.45) is 6.48. The zero-order valence-corrected chi connectivity index (χ0v) is 6.39. The average Bonchev–Trinajstić information content (AvgIpc) is 2.33. The second-order valence-electron chi connectivity index (χ2n) is 2.17. The Morgan fingerprint density at radius 2 is 2.36 bits per heavy atom. The molecule has 1 N–H and O–H groups in total. The van der Waals surface area contributed by atoms with Crippen LogP contribution in [0.4, 0.5) is 4.39 Å². The minimum atomic E-state index is -0.256. The number of halogens is 1. The Morgan fingerprint density at radius 1 is 1.64 bits per heavy atom. The normalized spacial score (nSPS) is 10.7. The lowest BCUT2D eigenvalue weighted by atomic mass is 10.2. The van der Waals surface area contributed by atoms with Gasteiger partial charge in [-0.15, -0.1) is 0 Å². The van der Waals surface area contributed by atoms with Gasteiger partial charge in [-0.25, -0.2) is 4.39 Å². The van der Waals surface area contributed by atoms with Crippen LogP contribution in [0.3, 0.4) is 0 Å². The number of allylic oxidation sites excluding steroid dienone is 1. The number of hydrogen-bond donors (Lipinski definition) is 1. The highest BCUT2D eigenvalue weighted by atomic mass is 19.1. The van der Waals surface area contributed by atoms with E-state index in [0.29, 0.717) is 5.56 Å². The van der Waals surface area contributed by atoms with Crippen molar-refractivity contribution in [3.05, 3.63) is 35.9 Å². The maximum absolute atomic E-state index is 12.8. The van der Waals surface area contributed by atoms with Gasteiger partial charge in [0.05, 0.1) is 0 Å². The standard InChI is InChI=1S/C9H10FN/c1-3-5-9-7(4-2)8(10)6-11-9/h3-6,11H,2H2,1H3/b5-3-. The van der Waals surface area contributed by atoms with E-state index >= 15 is 0 Å². The molecule has 0 amide bonds. The van der Waals surface area contributed by atoms with Gasteiger partial charge in [-0.05, 0) is 13.0 Å². The van der Waals surface area contributed by atoms with Crippen molar-refractivity contribution in [2.75, 3.05) is 0 Å². The summed E-state index contributed by atoms with van der Waals surface area (Å²) in [5, 5.41) is 0. The summed E-state index contributed by atoms with van der Waals surface area (Å²) in [6.45, 7) is 5.39. The van der Waals surface area contributed by atoms with E-state index in [2.05, 4.69) is 11.6 Å². The molecule has 0 atom stereocenters. The summed E-state index contributed by atoms with van der Waals surface area (Å²) in [4.78, 5) is 2.79. The molecule has 0 saturated heterocycles. The monoisotopic (exact) mass is 151 g/mol. The Bertz CT molecular complexity index is 284. The minimum absolute atomic E-state index is 0.256. The van der Waals surface area contributed by atoms with E-state index in [-0.39, 0.29) is 5.82 Å². The van der Waals surface area contributed by atoms with Crippen LogP contribution in [0.2, 0.25) is 0 Å². The van der Waals surface area contributed by atoms with Crippen LogP contribution < -0.4 is 0 Å². The number of aromatic nitrogens is 1. The zero-order chi connectivity index (χ0) is 8.27. The Hall–Kier alpha value is -1.31. The Morgan fingerprint density at radius 3 is 2.91 bits per heavy atom. The van der Waals surface area contributed by atoms with Gasteiger partial charge in [0.25, 0.3) is 0 Å². The number of nitrogens with one attached hydrogen (secondary N) is 1. The zero-order valence-electron chi connectivity index (χ0n) is 6.39. The lowest BCUT2D eigenvalue weighted by Gasteiger charge is -1.89. The van der Waals surface area contributed by atoms with Crippen molar-refractivity contribution in [2.45, 2.75) is 6.92 Å². The summed E-state index contributed by atoms with van der Waals surface area (Å²) in [6, 6.07) is 0. The SMILES string of the molecule is C=Cc1c(F)c[nH]c1/C=C\C. The quantitative estimate of drug-likeness (QED) is 0.669. The molecular weight excluding hydrogens is 141 g/mol. The predicted octanol–water partition coefficient (Wildman–Crippen LogP) is 2.83. The van der Waals surface area contributed by atoms with E-state index in [1.807, 2.05) is 13.0 Å². The molecule has 1 nitrogen and oxygen atoms in total. The van der Waals surface area contributed by atoms with E-state index in [1.54, 1.807) is 6.08 Å². The van der Waals surface area contributed by atoms with Gasteiger partial charge in [-0.1, -0.05) is 18.7 Å². The first kappa shape index (κ1) is 7.79. The van der Waals surface area contributed by atoms with E-state index in [9.17, 15) is 4.39 Å². The topological polar surface area (TPSA) is 15.8 Å². The molecule has 1 rings (SSSR count). The highest BCUT2D eigenvalue weighted by Gasteiger charge is 2.03. The summed E-state index contributed by atoms with van der Waals surface area (Å²) < 4.78 is 12.8. The second kappa shape index (κ2) is 3.19. The molecule has 2 heteroatoms. The van der Waals surface area contributed by atoms with E-state index in [1.165, 1.54) is 12.3 Å². The fourth-order valence-corrected chi connectivity index (χ4v) is 0.937. The van der Waals surface area contributed by atoms with E-state index in [0.717, 1.165) is 5.69 Å². The van der Waals surface area contributed by atoms with Gasteiger partial charge >= 0.3 is 0 Å². The van der Waals surface area contributed by atoms with Crippen molar-refractivity contribution < 1.29 is 4.39 Å². The molecular formula is C9H10FN. The maximum Gasteiger partial charge on any atom is 0.148 e. The highest BCUT2D eigenvalue weighted by molar-refractivity contribution is 5.62. The van der Waals surface area contributed by atoms with Crippen LogP contribution >= 0.6 is 0 Å². The maximum atomic E-state index is 12.8. The molecule has 58 valence electrons. The number of hydrogen-bond acceptors (Lipinski definition) is 0. The third-order valence-corrected chi connectivity index (χ3v) is 1.44. The fraction of sp³-hybridized carbons (Fsp3) is 0.111. The first-order valence-electron chi connectivity index (χ1n) is 3.41. The Kier molecular flexibility index (Phi) is 2.26. The van der Waals surface area contributed by atoms with Gasteiger partial charge in [0, 0.05) is 17.5 Å². The van der Waals surface area contributed by atoms with Crippen molar-refractivity contribution in [1.82, 2.24) is 4.98 Å². The van der Waals surface area contributed by atoms with Crippen molar-refractivity contribution in [3.8, 4) is 0 Å². The summed E-state index contributed by atoms with van der Waals surface area (Å²) in [7, 11) is 0. The molecule has 1 aromatic rings. The molecule has 0 aliphatic rings. The molecule has 0 unspecified atom stereocenters. The third-order valence-electron chi connectivity index (χ3n) is 1.44. The smallest absolute Gasteiger partial charge is 0.148 e. The third kappa shape index (κ3) is 1.40. The van der Waals surface area contributed by atoms with Crippen LogP contribution in [0, 0.1) is 5.82 Å². The van der Waals surface area contributed by atoms with Crippen molar-refractivity contribution in [3.63, 3.8) is 0 Å². The van der Waals surface area contributed by atoms with E-state index < -0.39 is 0 Å². The number of rotatable bonds is 2. The summed E-state index contributed by atoms with van der Waals surface area (Å²) >= 11 is 0. The fourth-order valence-electron chi connectivity index (χ4n) is 0.937. The van der Waals surface area contributed by atoms with Crippen LogP contribution in [0.15, 0.2) is 18.9 Å². The molecule has 0 saturated carbocycles. The largest absolute Gasteiger partial charge is 0.359 e. The second-order valence-corrected chi connectivity index (χ2v) is 2.17. The van der Waals surface area contributed by atoms with Gasteiger partial charge in [-0.3, -0.25) is 0 Å². The molecule has 1 heterocycles. The minimum Gasteiger partial charge on any atom is -0.359 e. The average molecular weight is 151 g/mol. The molecule has 1 aromatic heterocycles. The van der Waals surface area contributed by atoms with Gasteiger partial charge < -0.3 is 4.98 Å². The Labute approximate surface area is 65.3 Å². The molecule has 0 bridgehead atoms.